The highest BCUT2D eigenvalue weighted by Gasteiger charge is 2.22. The molecule has 2 aliphatic heterocycles. The molecule has 2 amide bonds. The lowest BCUT2D eigenvalue weighted by atomic mass is 10.2. The Labute approximate surface area is 108 Å². The summed E-state index contributed by atoms with van der Waals surface area (Å²) < 4.78 is 0. The number of nitrogens with zero attached hydrogens (tertiary/aromatic N) is 2. The molecule has 2 saturated heterocycles. The summed E-state index contributed by atoms with van der Waals surface area (Å²) in [6, 6.07) is 0. The molecule has 1 N–H and O–H groups in total. The van der Waals surface area contributed by atoms with Crippen molar-refractivity contribution < 1.29 is 9.59 Å². The number of hydrogen-bond acceptors (Lipinski definition) is 3. The third-order valence-corrected chi connectivity index (χ3v) is 3.69. The maximum Gasteiger partial charge on any atom is 0.242 e. The van der Waals surface area contributed by atoms with Gasteiger partial charge < -0.3 is 15.1 Å². The molecule has 2 aliphatic rings. The van der Waals surface area contributed by atoms with Crippen LogP contribution in [0.1, 0.15) is 32.1 Å². The van der Waals surface area contributed by atoms with Crippen molar-refractivity contribution in [3.63, 3.8) is 0 Å². The minimum atomic E-state index is 0.106. The van der Waals surface area contributed by atoms with Gasteiger partial charge >= 0.3 is 0 Å². The summed E-state index contributed by atoms with van der Waals surface area (Å²) in [6.45, 7) is 4.44. The Bertz CT molecular complexity index is 299. The van der Waals surface area contributed by atoms with Gasteiger partial charge in [0.1, 0.15) is 0 Å². The van der Waals surface area contributed by atoms with Crippen LogP contribution < -0.4 is 5.32 Å². The molecule has 0 atom stereocenters. The third kappa shape index (κ3) is 3.70. The fourth-order valence-corrected chi connectivity index (χ4v) is 2.56. The number of nitrogens with one attached hydrogen (secondary N) is 1. The average molecular weight is 253 g/mol. The fraction of sp³-hybridized carbons (Fsp3) is 0.846. The van der Waals surface area contributed by atoms with Gasteiger partial charge in [0.05, 0.1) is 6.54 Å². The molecular weight excluding hydrogens is 230 g/mol. The van der Waals surface area contributed by atoms with E-state index >= 15 is 0 Å². The summed E-state index contributed by atoms with van der Waals surface area (Å²) in [6.07, 6.45) is 4.70. The lowest BCUT2D eigenvalue weighted by Gasteiger charge is -2.25. The van der Waals surface area contributed by atoms with Crippen molar-refractivity contribution in [1.82, 2.24) is 15.1 Å². The van der Waals surface area contributed by atoms with Crippen molar-refractivity contribution in [2.24, 2.45) is 0 Å². The molecule has 2 rings (SSSR count). The van der Waals surface area contributed by atoms with Gasteiger partial charge in [-0.05, 0) is 25.8 Å². The van der Waals surface area contributed by atoms with Gasteiger partial charge in [0.2, 0.25) is 11.8 Å². The van der Waals surface area contributed by atoms with Gasteiger partial charge in [-0.25, -0.2) is 0 Å². The average Bonchev–Trinajstić information content (AvgIpc) is 2.73. The van der Waals surface area contributed by atoms with E-state index in [1.165, 1.54) is 0 Å². The molecule has 5 nitrogen and oxygen atoms in total. The van der Waals surface area contributed by atoms with Gasteiger partial charge in [-0.3, -0.25) is 9.59 Å². The standard InChI is InChI=1S/C13H23N3O2/c17-12-5-2-1-3-8-16(12)11-13(18)15-9-4-6-14-7-10-15/h14H,1-11H2. The SMILES string of the molecule is O=C(CN1CCCCCC1=O)N1CCCNCC1. The topological polar surface area (TPSA) is 52.7 Å². The van der Waals surface area contributed by atoms with Crippen LogP contribution in [0.25, 0.3) is 0 Å². The van der Waals surface area contributed by atoms with Gasteiger partial charge in [-0.1, -0.05) is 6.42 Å². The second kappa shape index (κ2) is 6.73. The third-order valence-electron chi connectivity index (χ3n) is 3.69. The molecule has 0 spiro atoms. The van der Waals surface area contributed by atoms with Crippen LogP contribution in [-0.2, 0) is 9.59 Å². The molecule has 18 heavy (non-hydrogen) atoms. The zero-order chi connectivity index (χ0) is 12.8. The fourth-order valence-electron chi connectivity index (χ4n) is 2.56. The molecule has 0 aromatic carbocycles. The van der Waals surface area contributed by atoms with E-state index in [0.717, 1.165) is 58.4 Å². The first kappa shape index (κ1) is 13.3. The van der Waals surface area contributed by atoms with Gasteiger partial charge in [0.25, 0.3) is 0 Å². The van der Waals surface area contributed by atoms with E-state index in [1.807, 2.05) is 4.90 Å². The van der Waals surface area contributed by atoms with Gasteiger partial charge in [-0.2, -0.15) is 0 Å². The van der Waals surface area contributed by atoms with Crippen LogP contribution in [0, 0.1) is 0 Å². The molecule has 2 fully saturated rings. The summed E-state index contributed by atoms with van der Waals surface area (Å²) in [7, 11) is 0. The molecule has 0 radical (unpaired) electrons. The number of hydrogen-bond donors (Lipinski definition) is 1. The van der Waals surface area contributed by atoms with E-state index in [-0.39, 0.29) is 18.4 Å². The van der Waals surface area contributed by atoms with E-state index in [9.17, 15) is 9.59 Å². The molecule has 2 heterocycles. The van der Waals surface area contributed by atoms with Crippen LogP contribution in [0.3, 0.4) is 0 Å². The highest BCUT2D eigenvalue weighted by Crippen LogP contribution is 2.11. The summed E-state index contributed by atoms with van der Waals surface area (Å²) in [4.78, 5) is 27.7. The van der Waals surface area contributed by atoms with Crippen LogP contribution in [0.5, 0.6) is 0 Å². The molecular formula is C13H23N3O2. The van der Waals surface area contributed by atoms with E-state index in [2.05, 4.69) is 5.32 Å². The highest BCUT2D eigenvalue weighted by molar-refractivity contribution is 5.85. The Balaban J connectivity index is 1.86. The van der Waals surface area contributed by atoms with Gasteiger partial charge in [-0.15, -0.1) is 0 Å². The molecule has 0 bridgehead atoms. The molecule has 102 valence electrons. The van der Waals surface area contributed by atoms with Gasteiger partial charge in [0.15, 0.2) is 0 Å². The van der Waals surface area contributed by atoms with E-state index in [1.54, 1.807) is 4.90 Å². The molecule has 0 saturated carbocycles. The van der Waals surface area contributed by atoms with E-state index < -0.39 is 0 Å². The number of rotatable bonds is 2. The molecule has 0 aromatic rings. The Morgan fingerprint density at radius 3 is 2.83 bits per heavy atom. The van der Waals surface area contributed by atoms with E-state index in [4.69, 9.17) is 0 Å². The van der Waals surface area contributed by atoms with Crippen molar-refractivity contribution in [2.45, 2.75) is 32.1 Å². The summed E-state index contributed by atoms with van der Waals surface area (Å²) >= 11 is 0. The summed E-state index contributed by atoms with van der Waals surface area (Å²) in [5, 5.41) is 3.28. The smallest absolute Gasteiger partial charge is 0.242 e. The predicted octanol–water partition coefficient (Wildman–Crippen LogP) is 0.211. The Kier molecular flexibility index (Phi) is 4.99. The quantitative estimate of drug-likeness (QED) is 0.765. The minimum absolute atomic E-state index is 0.106. The van der Waals surface area contributed by atoms with Crippen LogP contribution in [-0.4, -0.2) is 60.9 Å². The zero-order valence-corrected chi connectivity index (χ0v) is 11.0. The maximum atomic E-state index is 12.2. The molecule has 0 aromatic heterocycles. The lowest BCUT2D eigenvalue weighted by Crippen LogP contribution is -2.43. The molecule has 5 heteroatoms. The molecule has 0 unspecified atom stereocenters. The summed E-state index contributed by atoms with van der Waals surface area (Å²) in [5.41, 5.74) is 0. The molecule has 0 aliphatic carbocycles. The lowest BCUT2D eigenvalue weighted by molar-refractivity contribution is -0.140. The van der Waals surface area contributed by atoms with Gasteiger partial charge in [0, 0.05) is 32.6 Å². The van der Waals surface area contributed by atoms with Crippen molar-refractivity contribution in [2.75, 3.05) is 39.3 Å². The highest BCUT2D eigenvalue weighted by atomic mass is 16.2. The van der Waals surface area contributed by atoms with Crippen LogP contribution >= 0.6 is 0 Å². The largest absolute Gasteiger partial charge is 0.340 e. The number of carbonyl (C=O) groups excluding carboxylic acids is 2. The first-order valence-electron chi connectivity index (χ1n) is 7.03. The Hall–Kier alpha value is -1.10. The van der Waals surface area contributed by atoms with Crippen LogP contribution in [0.2, 0.25) is 0 Å². The van der Waals surface area contributed by atoms with Crippen LogP contribution in [0.4, 0.5) is 0 Å². The zero-order valence-electron chi connectivity index (χ0n) is 11.0. The first-order chi connectivity index (χ1) is 8.77. The second-order valence-corrected chi connectivity index (χ2v) is 5.11. The minimum Gasteiger partial charge on any atom is -0.340 e. The Morgan fingerprint density at radius 1 is 1.06 bits per heavy atom. The van der Waals surface area contributed by atoms with Crippen molar-refractivity contribution in [3.8, 4) is 0 Å². The maximum absolute atomic E-state index is 12.2. The first-order valence-corrected chi connectivity index (χ1v) is 7.03. The van der Waals surface area contributed by atoms with Crippen molar-refractivity contribution in [3.05, 3.63) is 0 Å². The Morgan fingerprint density at radius 2 is 1.94 bits per heavy atom. The second-order valence-electron chi connectivity index (χ2n) is 5.11. The number of amides is 2. The number of carbonyl (C=O) groups is 2. The van der Waals surface area contributed by atoms with Crippen molar-refractivity contribution >= 4 is 11.8 Å². The predicted molar refractivity (Wildman–Crippen MR) is 69.1 cm³/mol. The monoisotopic (exact) mass is 253 g/mol. The summed E-state index contributed by atoms with van der Waals surface area (Å²) in [5.74, 6) is 0.253. The normalized spacial score (nSPS) is 22.6. The number of likely N-dealkylation sites (tertiary alicyclic amines) is 1. The van der Waals surface area contributed by atoms with Crippen LogP contribution in [0.15, 0.2) is 0 Å². The van der Waals surface area contributed by atoms with E-state index in [0.29, 0.717) is 6.42 Å². The van der Waals surface area contributed by atoms with Crippen molar-refractivity contribution in [1.29, 1.82) is 0 Å².